The second-order valence-corrected chi connectivity index (χ2v) is 2.93. The number of carbonyl (C=O) groups is 2. The quantitative estimate of drug-likeness (QED) is 0.445. The van der Waals surface area contributed by atoms with Crippen LogP contribution in [0.3, 0.4) is 0 Å². The van der Waals surface area contributed by atoms with Gasteiger partial charge in [0.15, 0.2) is 0 Å². The van der Waals surface area contributed by atoms with E-state index in [-0.39, 0.29) is 12.2 Å². The summed E-state index contributed by atoms with van der Waals surface area (Å²) in [5.41, 5.74) is -0.146. The highest BCUT2D eigenvalue weighted by Gasteiger charge is 2.20. The Hall–Kier alpha value is -1.91. The molecule has 80 valence electrons. The summed E-state index contributed by atoms with van der Waals surface area (Å²) in [5, 5.41) is 0. The van der Waals surface area contributed by atoms with E-state index in [1.807, 2.05) is 0 Å². The van der Waals surface area contributed by atoms with E-state index in [4.69, 9.17) is 0 Å². The van der Waals surface area contributed by atoms with Crippen LogP contribution in [0.2, 0.25) is 0 Å². The molecular weight excluding hydrogens is 198 g/mol. The summed E-state index contributed by atoms with van der Waals surface area (Å²) in [6.45, 7) is 3.37. The van der Waals surface area contributed by atoms with Crippen LogP contribution in [0.5, 0.6) is 0 Å². The fourth-order valence-corrected chi connectivity index (χ4v) is 1.06. The van der Waals surface area contributed by atoms with Gasteiger partial charge in [-0.25, -0.2) is 4.79 Å². The van der Waals surface area contributed by atoms with E-state index in [1.54, 1.807) is 19.9 Å². The molecule has 0 spiro atoms. The van der Waals surface area contributed by atoms with E-state index in [0.717, 1.165) is 0 Å². The third kappa shape index (κ3) is 2.52. The molecule has 0 aliphatic heterocycles. The molecule has 1 aromatic rings. The number of rotatable bonds is 3. The summed E-state index contributed by atoms with van der Waals surface area (Å²) in [6, 6.07) is 2.86. The van der Waals surface area contributed by atoms with Crippen LogP contribution in [0.25, 0.3) is 0 Å². The van der Waals surface area contributed by atoms with Crippen LogP contribution in [-0.2, 0) is 9.53 Å². The van der Waals surface area contributed by atoms with Crippen LogP contribution < -0.4 is 5.56 Å². The lowest BCUT2D eigenvalue weighted by Gasteiger charge is -2.00. The van der Waals surface area contributed by atoms with Gasteiger partial charge in [0.2, 0.25) is 0 Å². The number of aryl methyl sites for hydroxylation is 1. The predicted molar refractivity (Wildman–Crippen MR) is 52.8 cm³/mol. The molecule has 0 unspecified atom stereocenters. The van der Waals surface area contributed by atoms with E-state index >= 15 is 0 Å². The molecule has 0 atom stereocenters. The third-order valence-electron chi connectivity index (χ3n) is 1.76. The molecule has 0 aliphatic rings. The summed E-state index contributed by atoms with van der Waals surface area (Å²) in [4.78, 5) is 36.2. The maximum absolute atomic E-state index is 11.4. The number of ether oxygens (including phenoxy) is 1. The molecule has 15 heavy (non-hydrogen) atoms. The van der Waals surface area contributed by atoms with Crippen LogP contribution in [0.1, 0.15) is 23.0 Å². The molecule has 0 radical (unpaired) electrons. The van der Waals surface area contributed by atoms with Crippen molar-refractivity contribution in [3.8, 4) is 0 Å². The Labute approximate surface area is 86.1 Å². The number of esters is 1. The second-order valence-electron chi connectivity index (χ2n) is 2.93. The van der Waals surface area contributed by atoms with Crippen LogP contribution in [0, 0.1) is 6.92 Å². The van der Waals surface area contributed by atoms with E-state index in [2.05, 4.69) is 9.72 Å². The predicted octanol–water partition coefficient (Wildman–Crippen LogP) is 0.429. The molecule has 1 heterocycles. The highest BCUT2D eigenvalue weighted by atomic mass is 16.5. The highest BCUT2D eigenvalue weighted by molar-refractivity contribution is 6.40. The molecule has 0 aromatic carbocycles. The van der Waals surface area contributed by atoms with E-state index in [9.17, 15) is 14.4 Å². The standard InChI is InChI=1S/C10H11NO4/c1-3-15-10(14)8(12)7-5-4-6(2)11-9(7)13/h4-5H,3H2,1-2H3,(H,11,13). The molecule has 0 aliphatic carbocycles. The molecule has 0 bridgehead atoms. The Morgan fingerprint density at radius 3 is 2.60 bits per heavy atom. The van der Waals surface area contributed by atoms with Crippen molar-refractivity contribution >= 4 is 11.8 Å². The van der Waals surface area contributed by atoms with E-state index in [0.29, 0.717) is 5.69 Å². The van der Waals surface area contributed by atoms with Crippen molar-refractivity contribution in [2.75, 3.05) is 6.61 Å². The van der Waals surface area contributed by atoms with Gasteiger partial charge in [-0.2, -0.15) is 0 Å². The van der Waals surface area contributed by atoms with Gasteiger partial charge in [0.25, 0.3) is 11.3 Å². The first-order valence-corrected chi connectivity index (χ1v) is 4.47. The summed E-state index contributed by atoms with van der Waals surface area (Å²) in [6.07, 6.45) is 0. The number of ketones is 1. The first-order valence-electron chi connectivity index (χ1n) is 4.47. The van der Waals surface area contributed by atoms with Gasteiger partial charge in [-0.15, -0.1) is 0 Å². The summed E-state index contributed by atoms with van der Waals surface area (Å²) in [7, 11) is 0. The van der Waals surface area contributed by atoms with Crippen molar-refractivity contribution in [3.05, 3.63) is 33.7 Å². The van der Waals surface area contributed by atoms with Gasteiger partial charge in [-0.05, 0) is 26.0 Å². The van der Waals surface area contributed by atoms with Crippen LogP contribution in [0.4, 0.5) is 0 Å². The van der Waals surface area contributed by atoms with Crippen LogP contribution in [0.15, 0.2) is 16.9 Å². The zero-order valence-corrected chi connectivity index (χ0v) is 8.49. The fourth-order valence-electron chi connectivity index (χ4n) is 1.06. The molecule has 1 N–H and O–H groups in total. The number of aromatic amines is 1. The van der Waals surface area contributed by atoms with Gasteiger partial charge in [-0.3, -0.25) is 9.59 Å². The minimum atomic E-state index is -1.01. The first-order chi connectivity index (χ1) is 7.06. The van der Waals surface area contributed by atoms with Crippen molar-refractivity contribution < 1.29 is 14.3 Å². The number of hydrogen-bond acceptors (Lipinski definition) is 4. The number of pyridine rings is 1. The Kier molecular flexibility index (Phi) is 3.38. The maximum atomic E-state index is 11.4. The number of hydrogen-bond donors (Lipinski definition) is 1. The molecule has 0 saturated heterocycles. The maximum Gasteiger partial charge on any atom is 0.379 e. The molecule has 0 amide bonds. The Morgan fingerprint density at radius 1 is 1.40 bits per heavy atom. The smallest absolute Gasteiger partial charge is 0.379 e. The van der Waals surface area contributed by atoms with E-state index < -0.39 is 17.3 Å². The molecule has 0 saturated carbocycles. The molecule has 0 fully saturated rings. The minimum absolute atomic E-state index is 0.105. The number of nitrogens with one attached hydrogen (secondary N) is 1. The average molecular weight is 209 g/mol. The van der Waals surface area contributed by atoms with Crippen molar-refractivity contribution in [3.63, 3.8) is 0 Å². The summed E-state index contributed by atoms with van der Waals surface area (Å²) >= 11 is 0. The van der Waals surface area contributed by atoms with Gasteiger partial charge in [-0.1, -0.05) is 0 Å². The zero-order valence-electron chi connectivity index (χ0n) is 8.49. The molecule has 5 nitrogen and oxygen atoms in total. The summed E-state index contributed by atoms with van der Waals surface area (Å²) < 4.78 is 4.50. The lowest BCUT2D eigenvalue weighted by Crippen LogP contribution is -2.25. The lowest BCUT2D eigenvalue weighted by atomic mass is 10.2. The number of carbonyl (C=O) groups excluding carboxylic acids is 2. The second kappa shape index (κ2) is 4.54. The fraction of sp³-hybridized carbons (Fsp3) is 0.300. The largest absolute Gasteiger partial charge is 0.460 e. The normalized spacial score (nSPS) is 9.73. The Balaban J connectivity index is 3.02. The average Bonchev–Trinajstić information content (AvgIpc) is 2.17. The van der Waals surface area contributed by atoms with E-state index in [1.165, 1.54) is 6.07 Å². The van der Waals surface area contributed by atoms with Crippen molar-refractivity contribution in [2.24, 2.45) is 0 Å². The van der Waals surface area contributed by atoms with Crippen LogP contribution in [-0.4, -0.2) is 23.3 Å². The monoisotopic (exact) mass is 209 g/mol. The number of H-pyrrole nitrogens is 1. The minimum Gasteiger partial charge on any atom is -0.460 e. The SMILES string of the molecule is CCOC(=O)C(=O)c1ccc(C)[nH]c1=O. The van der Waals surface area contributed by atoms with Crippen molar-refractivity contribution in [1.82, 2.24) is 4.98 Å². The van der Waals surface area contributed by atoms with Gasteiger partial charge in [0, 0.05) is 5.69 Å². The first kappa shape index (κ1) is 11.2. The van der Waals surface area contributed by atoms with Gasteiger partial charge in [0.05, 0.1) is 12.2 Å². The van der Waals surface area contributed by atoms with Crippen molar-refractivity contribution in [1.29, 1.82) is 0 Å². The number of Topliss-reactive ketones (excluding diaryl/α,β-unsaturated/α-hetero) is 1. The van der Waals surface area contributed by atoms with Crippen molar-refractivity contribution in [2.45, 2.75) is 13.8 Å². The number of aromatic nitrogens is 1. The topological polar surface area (TPSA) is 76.2 Å². The molecule has 1 aromatic heterocycles. The third-order valence-corrected chi connectivity index (χ3v) is 1.76. The van der Waals surface area contributed by atoms with Gasteiger partial charge in [0.1, 0.15) is 0 Å². The lowest BCUT2D eigenvalue weighted by molar-refractivity contribution is -0.137. The van der Waals surface area contributed by atoms with Gasteiger partial charge < -0.3 is 9.72 Å². The summed E-state index contributed by atoms with van der Waals surface area (Å²) in [5.74, 6) is -1.93. The van der Waals surface area contributed by atoms with Gasteiger partial charge >= 0.3 is 5.97 Å². The Morgan fingerprint density at radius 2 is 2.07 bits per heavy atom. The molecule has 1 rings (SSSR count). The molecule has 5 heteroatoms. The van der Waals surface area contributed by atoms with Crippen LogP contribution >= 0.6 is 0 Å². The Bertz CT molecular complexity index is 447. The molecular formula is C10H11NO4. The zero-order chi connectivity index (χ0) is 11.4. The highest BCUT2D eigenvalue weighted by Crippen LogP contribution is 1.97.